The fraction of sp³-hybridized carbons (Fsp3) is 0.714. The maximum atomic E-state index is 12.0. The van der Waals surface area contributed by atoms with Crippen molar-refractivity contribution in [1.29, 1.82) is 0 Å². The van der Waals surface area contributed by atoms with Crippen LogP contribution in [0.2, 0.25) is 0 Å². The lowest BCUT2D eigenvalue weighted by Gasteiger charge is -2.23. The molecule has 13 heteroatoms. The Balaban J connectivity index is 1.85. The molecule has 12 nitrogen and oxygen atoms in total. The molecule has 27 heavy (non-hydrogen) atoms. The van der Waals surface area contributed by atoms with Crippen LogP contribution >= 0.6 is 7.82 Å². The number of nitrogens with two attached hydrogens (primary N) is 1. The zero-order valence-corrected chi connectivity index (χ0v) is 15.9. The Hall–Kier alpha value is -1.53. The minimum atomic E-state index is -4.68. The number of carbonyl (C=O) groups is 1. The highest BCUT2D eigenvalue weighted by atomic mass is 31.2. The van der Waals surface area contributed by atoms with E-state index in [0.29, 0.717) is 0 Å². The zero-order valence-electron chi connectivity index (χ0n) is 15.0. The van der Waals surface area contributed by atoms with Gasteiger partial charge in [0.25, 0.3) is 11.5 Å². The molecule has 5 N–H and O–H groups in total. The number of anilines is 1. The minimum Gasteiger partial charge on any atom is -0.460 e. The number of rotatable bonds is 6. The third kappa shape index (κ3) is 4.16. The Labute approximate surface area is 154 Å². The smallest absolute Gasteiger partial charge is 0.460 e. The predicted octanol–water partition coefficient (Wildman–Crippen LogP) is -0.412. The molecule has 1 aromatic heterocycles. The molecule has 0 bridgehead atoms. The third-order valence-corrected chi connectivity index (χ3v) is 4.65. The summed E-state index contributed by atoms with van der Waals surface area (Å²) >= 11 is 0. The summed E-state index contributed by atoms with van der Waals surface area (Å²) in [4.78, 5) is 32.6. The van der Waals surface area contributed by atoms with E-state index in [1.807, 2.05) is 0 Å². The van der Waals surface area contributed by atoms with E-state index in [-0.39, 0.29) is 18.1 Å². The lowest BCUT2D eigenvalue weighted by molar-refractivity contribution is -0.753. The summed E-state index contributed by atoms with van der Waals surface area (Å²) in [7, 11) is -4.68. The number of carbonyl (C=O) groups excluding carboxylic acids is 1. The number of ether oxygens (including phenoxy) is 4. The summed E-state index contributed by atoms with van der Waals surface area (Å²) in [5, 5.41) is 0. The van der Waals surface area contributed by atoms with Crippen LogP contribution in [-0.4, -0.2) is 58.1 Å². The molecule has 0 unspecified atom stereocenters. The third-order valence-electron chi connectivity index (χ3n) is 4.17. The van der Waals surface area contributed by atoms with Gasteiger partial charge in [-0.25, -0.2) is 13.9 Å². The number of H-pyrrole nitrogens is 1. The number of nitrogens with zero attached hydrogens (tertiary/aromatic N) is 1. The Morgan fingerprint density at radius 2 is 2.07 bits per heavy atom. The van der Waals surface area contributed by atoms with Crippen LogP contribution in [0.1, 0.15) is 37.5 Å². The zero-order chi connectivity index (χ0) is 20.0. The van der Waals surface area contributed by atoms with Gasteiger partial charge in [-0.1, -0.05) is 0 Å². The van der Waals surface area contributed by atoms with Crippen molar-refractivity contribution in [2.75, 3.05) is 18.9 Å². The van der Waals surface area contributed by atoms with Crippen LogP contribution in [0, 0.1) is 0 Å². The molecule has 2 aliphatic rings. The number of esters is 1. The van der Waals surface area contributed by atoms with E-state index in [2.05, 4.69) is 9.51 Å². The van der Waals surface area contributed by atoms with Gasteiger partial charge in [-0.3, -0.25) is 9.51 Å². The number of hydrogen-bond donors (Lipinski definition) is 4. The fourth-order valence-electron chi connectivity index (χ4n) is 3.17. The van der Waals surface area contributed by atoms with Crippen molar-refractivity contribution in [3.05, 3.63) is 12.0 Å². The number of nitrogens with one attached hydrogen (secondary N) is 1. The van der Waals surface area contributed by atoms with Gasteiger partial charge >= 0.3 is 13.8 Å². The maximum Gasteiger partial charge on any atom is 0.469 e. The molecule has 2 saturated heterocycles. The largest absolute Gasteiger partial charge is 0.469 e. The van der Waals surface area contributed by atoms with Crippen LogP contribution < -0.4 is 10.3 Å². The van der Waals surface area contributed by atoms with Crippen LogP contribution in [-0.2, 0) is 28.0 Å². The molecule has 4 atom stereocenters. The molecule has 3 rings (SSSR count). The van der Waals surface area contributed by atoms with Crippen molar-refractivity contribution in [2.24, 2.45) is 0 Å². The molecular formula is C14H23N3O9P+. The van der Waals surface area contributed by atoms with Crippen molar-refractivity contribution < 1.29 is 47.2 Å². The van der Waals surface area contributed by atoms with Gasteiger partial charge in [-0.05, 0) is 20.8 Å². The SMILES string of the molecule is CCOC(=O)c1[nH]c[n+]([C@@H]2O[C@@H](COP(=O)(O)O)[C@H]3OC(C)(C)O[C@H]32)c1N. The highest BCUT2D eigenvalue weighted by Gasteiger charge is 2.58. The lowest BCUT2D eigenvalue weighted by Crippen LogP contribution is -2.47. The molecule has 3 heterocycles. The average Bonchev–Trinajstić information content (AvgIpc) is 3.16. The summed E-state index contributed by atoms with van der Waals surface area (Å²) in [6, 6.07) is 0. The molecule has 0 aromatic carbocycles. The topological polar surface area (TPSA) is 166 Å². The number of hydrogen-bond acceptors (Lipinski definition) is 8. The summed E-state index contributed by atoms with van der Waals surface area (Å²) < 4.78 is 39.5. The molecule has 0 saturated carbocycles. The number of imidazole rings is 1. The summed E-state index contributed by atoms with van der Waals surface area (Å²) in [6.45, 7) is 4.87. The van der Waals surface area contributed by atoms with Crippen molar-refractivity contribution in [2.45, 2.75) is 51.1 Å². The molecule has 1 aromatic rings. The number of aromatic nitrogens is 2. The Morgan fingerprint density at radius 1 is 1.41 bits per heavy atom. The summed E-state index contributed by atoms with van der Waals surface area (Å²) in [6.07, 6.45) is -1.47. The summed E-state index contributed by atoms with van der Waals surface area (Å²) in [5.74, 6) is -1.48. The standard InChI is InChI=1S/C14H22N3O9P/c1-4-22-13(18)8-11(15)17(6-16-8)12-10-9(25-14(2,3)26-10)7(24-12)5-23-27(19,20)21/h6-7,9-10,12H,4-5H2,1-3H3,(H4,15,18,19,20,21)/p+1/t7-,9+,10+,12+/m0/s1. The average molecular weight is 408 g/mol. The maximum absolute atomic E-state index is 12.0. The first-order chi connectivity index (χ1) is 12.5. The van der Waals surface area contributed by atoms with Crippen molar-refractivity contribution in [1.82, 2.24) is 4.98 Å². The van der Waals surface area contributed by atoms with E-state index in [4.69, 9.17) is 34.5 Å². The van der Waals surface area contributed by atoms with Gasteiger partial charge in [-0.2, -0.15) is 0 Å². The summed E-state index contributed by atoms with van der Waals surface area (Å²) in [5.41, 5.74) is 6.11. The van der Waals surface area contributed by atoms with Gasteiger partial charge in [0.05, 0.1) is 13.2 Å². The number of phosphoric acid groups is 1. The molecule has 0 radical (unpaired) electrons. The predicted molar refractivity (Wildman–Crippen MR) is 87.1 cm³/mol. The minimum absolute atomic E-state index is 0.0603. The molecule has 2 aliphatic heterocycles. The van der Waals surface area contributed by atoms with Gasteiger partial charge in [0.15, 0.2) is 12.1 Å². The van der Waals surface area contributed by atoms with E-state index in [1.54, 1.807) is 20.8 Å². The Morgan fingerprint density at radius 3 is 2.70 bits per heavy atom. The van der Waals surface area contributed by atoms with Crippen LogP contribution in [0.25, 0.3) is 0 Å². The van der Waals surface area contributed by atoms with Crippen molar-refractivity contribution in [3.63, 3.8) is 0 Å². The molecule has 2 fully saturated rings. The van der Waals surface area contributed by atoms with Gasteiger partial charge in [0, 0.05) is 0 Å². The van der Waals surface area contributed by atoms with Crippen LogP contribution in [0.4, 0.5) is 5.82 Å². The van der Waals surface area contributed by atoms with Gasteiger partial charge in [0.1, 0.15) is 18.3 Å². The fourth-order valence-corrected chi connectivity index (χ4v) is 3.51. The highest BCUT2D eigenvalue weighted by Crippen LogP contribution is 2.43. The van der Waals surface area contributed by atoms with Gasteiger partial charge in [-0.15, -0.1) is 0 Å². The number of aromatic amines is 1. The molecule has 0 spiro atoms. The van der Waals surface area contributed by atoms with E-state index in [1.165, 1.54) is 10.9 Å². The van der Waals surface area contributed by atoms with Crippen LogP contribution in [0.3, 0.4) is 0 Å². The Kier molecular flexibility index (Phi) is 5.34. The second-order valence-corrected chi connectivity index (χ2v) is 7.82. The quantitative estimate of drug-likeness (QED) is 0.276. The highest BCUT2D eigenvalue weighted by molar-refractivity contribution is 7.46. The van der Waals surface area contributed by atoms with E-state index in [9.17, 15) is 9.36 Å². The van der Waals surface area contributed by atoms with E-state index >= 15 is 0 Å². The van der Waals surface area contributed by atoms with E-state index in [0.717, 1.165) is 0 Å². The normalized spacial score (nSPS) is 29.7. The molecular weight excluding hydrogens is 385 g/mol. The number of fused-ring (bicyclic) bond motifs is 1. The number of phosphoric ester groups is 1. The first-order valence-electron chi connectivity index (χ1n) is 8.28. The second kappa shape index (κ2) is 7.13. The van der Waals surface area contributed by atoms with Crippen molar-refractivity contribution in [3.8, 4) is 0 Å². The molecule has 0 aliphatic carbocycles. The first-order valence-corrected chi connectivity index (χ1v) is 9.81. The van der Waals surface area contributed by atoms with E-state index < -0.39 is 50.7 Å². The lowest BCUT2D eigenvalue weighted by atomic mass is 10.1. The van der Waals surface area contributed by atoms with Gasteiger partial charge < -0.3 is 34.5 Å². The second-order valence-electron chi connectivity index (χ2n) is 6.58. The first kappa shape index (κ1) is 20.2. The number of nitrogen functional groups attached to an aromatic ring is 1. The Bertz CT molecular complexity index is 761. The van der Waals surface area contributed by atoms with Gasteiger partial charge in [0.2, 0.25) is 6.23 Å². The monoisotopic (exact) mass is 408 g/mol. The van der Waals surface area contributed by atoms with Crippen LogP contribution in [0.5, 0.6) is 0 Å². The molecule has 152 valence electrons. The molecule has 0 amide bonds. The van der Waals surface area contributed by atoms with Crippen molar-refractivity contribution >= 4 is 19.6 Å². The van der Waals surface area contributed by atoms with Crippen LogP contribution in [0.15, 0.2) is 6.33 Å².